The molecule has 0 bridgehead atoms. The van der Waals surface area contributed by atoms with Crippen molar-refractivity contribution in [3.8, 4) is 11.5 Å². The molecule has 3 rings (SSSR count). The smallest absolute Gasteiger partial charge is 0.144 e. The number of nitrogens with two attached hydrogens (primary N) is 1. The fourth-order valence-corrected chi connectivity index (χ4v) is 2.09. The molecule has 1 heterocycles. The second kappa shape index (κ2) is 6.20. The fourth-order valence-electron chi connectivity index (χ4n) is 2.09. The van der Waals surface area contributed by atoms with Gasteiger partial charge in [0.05, 0.1) is 11.1 Å². The lowest BCUT2D eigenvalue weighted by Gasteiger charge is -2.27. The Balaban J connectivity index is 0.000000810. The quantitative estimate of drug-likeness (QED) is 0.542. The summed E-state index contributed by atoms with van der Waals surface area (Å²) in [5, 5.41) is 11.2. The first-order valence-corrected chi connectivity index (χ1v) is 5.21. The van der Waals surface area contributed by atoms with Crippen LogP contribution in [0.15, 0.2) is 48.5 Å². The van der Waals surface area contributed by atoms with E-state index in [0.717, 1.165) is 28.1 Å². The number of halogens is 2. The van der Waals surface area contributed by atoms with Gasteiger partial charge in [-0.05, 0) is 24.3 Å². The highest BCUT2D eigenvalue weighted by atomic mass is 79.9. The predicted molar refractivity (Wildman–Crippen MR) is 60.1 cm³/mol. The lowest BCUT2D eigenvalue weighted by molar-refractivity contribution is -0.624. The maximum atomic E-state index is 11.2. The molecule has 0 radical (unpaired) electrons. The average Bonchev–Trinajstić information content (AvgIpc) is 2.36. The summed E-state index contributed by atoms with van der Waals surface area (Å²) < 4.78 is 5.75. The lowest BCUT2D eigenvalue weighted by Crippen LogP contribution is -3.00. The Morgan fingerprint density at radius 1 is 0.889 bits per heavy atom. The number of hydrogen-bond acceptors (Lipinski definition) is 2. The number of rotatable bonds is 1. The Hall–Kier alpha value is -1.07. The number of fused-ring (bicyclic) bond motifs is 2. The summed E-state index contributed by atoms with van der Waals surface area (Å²) in [6, 6.07) is 15.1. The summed E-state index contributed by atoms with van der Waals surface area (Å²) in [6.07, 6.45) is 0. The molecule has 5 heteroatoms. The first kappa shape index (κ1) is 15.0. The van der Waals surface area contributed by atoms with Gasteiger partial charge >= 0.3 is 0 Å². The van der Waals surface area contributed by atoms with Gasteiger partial charge in [0, 0.05) is 0 Å². The molecule has 3 nitrogen and oxygen atoms in total. The van der Waals surface area contributed by atoms with Gasteiger partial charge in [-0.25, -0.2) is 0 Å². The molecule has 2 aromatic carbocycles. The van der Waals surface area contributed by atoms with Gasteiger partial charge in [-0.15, -0.1) is 0 Å². The van der Waals surface area contributed by atoms with Gasteiger partial charge in [0.15, 0.2) is 0 Å². The van der Waals surface area contributed by atoms with Crippen LogP contribution in [0.4, 0.5) is 0 Å². The largest absolute Gasteiger partial charge is 1.00 e. The summed E-state index contributed by atoms with van der Waals surface area (Å²) in [5.74, 6) is 1.55. The van der Waals surface area contributed by atoms with E-state index in [9.17, 15) is 5.21 Å². The SMILES string of the molecule is [Br-].[Cl-].[O-][NH2+]C1c2ccccc2Oc2ccccc21. The van der Waals surface area contributed by atoms with Gasteiger partial charge < -0.3 is 44.8 Å². The first-order chi connectivity index (χ1) is 7.90. The number of hydroxylamine groups is 1. The van der Waals surface area contributed by atoms with Crippen molar-refractivity contribution >= 4 is 0 Å². The van der Waals surface area contributed by atoms with Crippen LogP contribution in [0, 0.1) is 5.21 Å². The zero-order valence-corrected chi connectivity index (χ0v) is 11.7. The van der Waals surface area contributed by atoms with Crippen LogP contribution >= 0.6 is 0 Å². The molecule has 0 atom stereocenters. The number of benzene rings is 2. The van der Waals surface area contributed by atoms with E-state index in [2.05, 4.69) is 0 Å². The molecule has 0 spiro atoms. The number of para-hydroxylation sites is 2. The number of ether oxygens (including phenoxy) is 1. The lowest BCUT2D eigenvalue weighted by atomic mass is 9.95. The van der Waals surface area contributed by atoms with Crippen molar-refractivity contribution < 1.29 is 39.6 Å². The van der Waals surface area contributed by atoms with Gasteiger partial charge in [0.2, 0.25) is 0 Å². The predicted octanol–water partition coefficient (Wildman–Crippen LogP) is -4.05. The molecule has 0 fully saturated rings. The maximum Gasteiger partial charge on any atom is 0.144 e. The molecule has 2 N–H and O–H groups in total. The van der Waals surface area contributed by atoms with Gasteiger partial charge in [-0.3, -0.25) is 0 Å². The van der Waals surface area contributed by atoms with Crippen molar-refractivity contribution in [1.29, 1.82) is 0 Å². The van der Waals surface area contributed by atoms with Crippen molar-refractivity contribution in [2.24, 2.45) is 0 Å². The molecule has 2 aromatic rings. The van der Waals surface area contributed by atoms with E-state index in [0.29, 0.717) is 0 Å². The molecule has 1 aliphatic heterocycles. The topological polar surface area (TPSA) is 48.9 Å². The minimum atomic E-state index is -0.207. The van der Waals surface area contributed by atoms with Crippen LogP contribution in [0.5, 0.6) is 11.5 Å². The third-order valence-electron chi connectivity index (χ3n) is 2.86. The van der Waals surface area contributed by atoms with Gasteiger partial charge in [-0.1, -0.05) is 24.3 Å². The first-order valence-electron chi connectivity index (χ1n) is 5.21. The van der Waals surface area contributed by atoms with Crippen LogP contribution in [0.25, 0.3) is 0 Å². The van der Waals surface area contributed by atoms with E-state index in [4.69, 9.17) is 4.74 Å². The molecule has 0 amide bonds. The molecular formula is C13H11BrClNO2-2. The van der Waals surface area contributed by atoms with Crippen molar-refractivity contribution in [2.75, 3.05) is 0 Å². The highest BCUT2D eigenvalue weighted by molar-refractivity contribution is 5.51. The third-order valence-corrected chi connectivity index (χ3v) is 2.86. The Bertz CT molecular complexity index is 490. The van der Waals surface area contributed by atoms with Crippen molar-refractivity contribution in [3.63, 3.8) is 0 Å². The van der Waals surface area contributed by atoms with Crippen molar-refractivity contribution in [2.45, 2.75) is 6.04 Å². The fraction of sp³-hybridized carbons (Fsp3) is 0.0769. The normalized spacial score (nSPS) is 12.3. The van der Waals surface area contributed by atoms with Gasteiger partial charge in [0.25, 0.3) is 0 Å². The molecule has 18 heavy (non-hydrogen) atoms. The van der Waals surface area contributed by atoms with Crippen molar-refractivity contribution in [1.82, 2.24) is 0 Å². The maximum absolute atomic E-state index is 11.2. The number of quaternary nitrogens is 1. The van der Waals surface area contributed by atoms with E-state index in [1.807, 2.05) is 48.5 Å². The Morgan fingerprint density at radius 3 is 1.78 bits per heavy atom. The summed E-state index contributed by atoms with van der Waals surface area (Å²) in [6.45, 7) is 0. The molecular weight excluding hydrogens is 318 g/mol. The monoisotopic (exact) mass is 327 g/mol. The van der Waals surface area contributed by atoms with E-state index >= 15 is 0 Å². The Kier molecular flexibility index (Phi) is 5.16. The molecule has 0 aromatic heterocycles. The van der Waals surface area contributed by atoms with Crippen LogP contribution in [0.2, 0.25) is 0 Å². The zero-order valence-electron chi connectivity index (χ0n) is 9.35. The molecule has 96 valence electrons. The minimum absolute atomic E-state index is 0. The zero-order chi connectivity index (χ0) is 11.0. The van der Waals surface area contributed by atoms with E-state index in [-0.39, 0.29) is 35.4 Å². The third kappa shape index (κ3) is 2.37. The Labute approximate surface area is 122 Å². The van der Waals surface area contributed by atoms with Crippen LogP contribution in [-0.4, -0.2) is 0 Å². The molecule has 0 unspecified atom stereocenters. The second-order valence-corrected chi connectivity index (χ2v) is 3.79. The van der Waals surface area contributed by atoms with E-state index in [1.165, 1.54) is 0 Å². The second-order valence-electron chi connectivity index (χ2n) is 3.79. The summed E-state index contributed by atoms with van der Waals surface area (Å²) in [7, 11) is 0. The van der Waals surface area contributed by atoms with E-state index in [1.54, 1.807) is 0 Å². The summed E-state index contributed by atoms with van der Waals surface area (Å²) >= 11 is 0. The van der Waals surface area contributed by atoms with E-state index < -0.39 is 0 Å². The van der Waals surface area contributed by atoms with Gasteiger partial charge in [-0.2, -0.15) is 0 Å². The molecule has 0 saturated carbocycles. The molecule has 0 aliphatic carbocycles. The summed E-state index contributed by atoms with van der Waals surface area (Å²) in [5.41, 5.74) is 2.85. The summed E-state index contributed by atoms with van der Waals surface area (Å²) in [4.78, 5) is 0. The van der Waals surface area contributed by atoms with Crippen LogP contribution in [0.3, 0.4) is 0 Å². The molecule has 1 aliphatic rings. The van der Waals surface area contributed by atoms with Crippen LogP contribution in [-0.2, 0) is 0 Å². The van der Waals surface area contributed by atoms with Crippen molar-refractivity contribution in [3.05, 3.63) is 64.9 Å². The highest BCUT2D eigenvalue weighted by Gasteiger charge is 2.27. The average molecular weight is 329 g/mol. The van der Waals surface area contributed by atoms with Crippen LogP contribution in [0.1, 0.15) is 17.2 Å². The highest BCUT2D eigenvalue weighted by Crippen LogP contribution is 2.40. The standard InChI is InChI=1S/C13H11NO2.BrH.ClH/c15-14-13-9-5-1-3-7-11(9)16-12-8-4-2-6-10(12)13;;/h1-8,13H,14H2;2*1H/p-2. The van der Waals surface area contributed by atoms with Gasteiger partial charge in [0.1, 0.15) is 17.5 Å². The number of hydrogen-bond donors (Lipinski definition) is 1. The minimum Gasteiger partial charge on any atom is -1.00 e. The Morgan fingerprint density at radius 2 is 1.33 bits per heavy atom. The van der Waals surface area contributed by atoms with Crippen LogP contribution < -0.4 is 39.6 Å². The molecule has 0 saturated heterocycles.